The molecule has 2 N–H and O–H groups in total. The van der Waals surface area contributed by atoms with Gasteiger partial charge in [0.15, 0.2) is 0 Å². The highest BCUT2D eigenvalue weighted by Gasteiger charge is 2.36. The van der Waals surface area contributed by atoms with E-state index in [0.717, 1.165) is 32.3 Å². The van der Waals surface area contributed by atoms with Crippen molar-refractivity contribution in [3.63, 3.8) is 0 Å². The molecule has 1 aliphatic rings. The first kappa shape index (κ1) is 18.9. The standard InChI is InChI=1S/C18H37NO2/c1-4-5-6-7-8-9-13-21-17-11-10-12-18(14-17,15-20)19-16(2)3/h16-17,19-20H,4-15H2,1-3H3. The Hall–Kier alpha value is -0.120. The Balaban J connectivity index is 2.20. The van der Waals surface area contributed by atoms with E-state index in [9.17, 15) is 5.11 Å². The number of ether oxygens (including phenoxy) is 1. The largest absolute Gasteiger partial charge is 0.394 e. The Morgan fingerprint density at radius 1 is 1.19 bits per heavy atom. The summed E-state index contributed by atoms with van der Waals surface area (Å²) in [5.41, 5.74) is -0.113. The molecule has 1 aliphatic carbocycles. The second-order valence-electron chi connectivity index (χ2n) is 7.09. The molecule has 0 aromatic heterocycles. The van der Waals surface area contributed by atoms with E-state index in [4.69, 9.17) is 4.74 Å². The third-order valence-electron chi connectivity index (χ3n) is 4.55. The smallest absolute Gasteiger partial charge is 0.0614 e. The van der Waals surface area contributed by atoms with Crippen molar-refractivity contribution in [3.05, 3.63) is 0 Å². The average molecular weight is 299 g/mol. The van der Waals surface area contributed by atoms with Gasteiger partial charge in [-0.3, -0.25) is 0 Å². The zero-order chi connectivity index (χ0) is 15.6. The number of unbranched alkanes of at least 4 members (excludes halogenated alkanes) is 5. The maximum atomic E-state index is 9.78. The molecule has 0 saturated heterocycles. The molecule has 2 atom stereocenters. The van der Waals surface area contributed by atoms with Crippen LogP contribution in [-0.2, 0) is 4.74 Å². The van der Waals surface area contributed by atoms with Gasteiger partial charge >= 0.3 is 0 Å². The molecule has 0 aromatic rings. The van der Waals surface area contributed by atoms with Crippen molar-refractivity contribution in [1.29, 1.82) is 0 Å². The van der Waals surface area contributed by atoms with Crippen molar-refractivity contribution in [2.75, 3.05) is 13.2 Å². The highest BCUT2D eigenvalue weighted by molar-refractivity contribution is 4.94. The number of hydrogen-bond acceptors (Lipinski definition) is 3. The Bertz CT molecular complexity index is 258. The quantitative estimate of drug-likeness (QED) is 0.566. The van der Waals surface area contributed by atoms with Gasteiger partial charge in [-0.2, -0.15) is 0 Å². The van der Waals surface area contributed by atoms with Crippen LogP contribution in [0.25, 0.3) is 0 Å². The molecular weight excluding hydrogens is 262 g/mol. The van der Waals surface area contributed by atoms with E-state index in [2.05, 4.69) is 26.1 Å². The zero-order valence-electron chi connectivity index (χ0n) is 14.5. The van der Waals surface area contributed by atoms with Crippen LogP contribution in [0.1, 0.15) is 85.0 Å². The summed E-state index contributed by atoms with van der Waals surface area (Å²) in [6.07, 6.45) is 12.5. The molecule has 2 unspecified atom stereocenters. The molecule has 0 amide bonds. The van der Waals surface area contributed by atoms with E-state index in [-0.39, 0.29) is 12.1 Å². The summed E-state index contributed by atoms with van der Waals surface area (Å²) in [4.78, 5) is 0. The Morgan fingerprint density at radius 2 is 1.90 bits per heavy atom. The predicted molar refractivity (Wildman–Crippen MR) is 89.7 cm³/mol. The molecule has 1 saturated carbocycles. The number of hydrogen-bond donors (Lipinski definition) is 2. The Labute approximate surface area is 131 Å². The molecule has 0 bridgehead atoms. The topological polar surface area (TPSA) is 41.5 Å². The molecule has 0 spiro atoms. The third-order valence-corrected chi connectivity index (χ3v) is 4.55. The van der Waals surface area contributed by atoms with Gasteiger partial charge in [-0.1, -0.05) is 52.9 Å². The first-order chi connectivity index (χ1) is 10.1. The third kappa shape index (κ3) is 7.62. The molecule has 1 fully saturated rings. The van der Waals surface area contributed by atoms with Crippen molar-refractivity contribution in [2.24, 2.45) is 0 Å². The van der Waals surface area contributed by atoms with Crippen LogP contribution >= 0.6 is 0 Å². The summed E-state index contributed by atoms with van der Waals surface area (Å²) >= 11 is 0. The first-order valence-electron chi connectivity index (χ1n) is 9.12. The molecule has 126 valence electrons. The molecular formula is C18H37NO2. The fourth-order valence-electron chi connectivity index (χ4n) is 3.52. The monoisotopic (exact) mass is 299 g/mol. The summed E-state index contributed by atoms with van der Waals surface area (Å²) in [5.74, 6) is 0. The summed E-state index contributed by atoms with van der Waals surface area (Å²) < 4.78 is 6.08. The van der Waals surface area contributed by atoms with Gasteiger partial charge in [-0.05, 0) is 32.1 Å². The number of aliphatic hydroxyl groups excluding tert-OH is 1. The second kappa shape index (κ2) is 10.6. The van der Waals surface area contributed by atoms with Crippen LogP contribution in [0.3, 0.4) is 0 Å². The van der Waals surface area contributed by atoms with Crippen LogP contribution in [0.15, 0.2) is 0 Å². The summed E-state index contributed by atoms with van der Waals surface area (Å²) in [6.45, 7) is 7.67. The maximum Gasteiger partial charge on any atom is 0.0614 e. The zero-order valence-corrected chi connectivity index (χ0v) is 14.5. The molecule has 1 rings (SSSR count). The average Bonchev–Trinajstić information content (AvgIpc) is 2.46. The van der Waals surface area contributed by atoms with Crippen LogP contribution < -0.4 is 5.32 Å². The Kier molecular flexibility index (Phi) is 9.54. The second-order valence-corrected chi connectivity index (χ2v) is 7.09. The van der Waals surface area contributed by atoms with Crippen molar-refractivity contribution in [2.45, 2.75) is 103 Å². The summed E-state index contributed by atoms with van der Waals surface area (Å²) in [5, 5.41) is 13.4. The number of aliphatic hydroxyl groups is 1. The molecule has 0 aromatic carbocycles. The van der Waals surface area contributed by atoms with Crippen molar-refractivity contribution >= 4 is 0 Å². The molecule has 0 heterocycles. The van der Waals surface area contributed by atoms with E-state index in [0.29, 0.717) is 12.1 Å². The molecule has 3 nitrogen and oxygen atoms in total. The van der Waals surface area contributed by atoms with Crippen molar-refractivity contribution in [3.8, 4) is 0 Å². The van der Waals surface area contributed by atoms with Crippen LogP contribution in [0, 0.1) is 0 Å². The van der Waals surface area contributed by atoms with E-state index >= 15 is 0 Å². The fourth-order valence-corrected chi connectivity index (χ4v) is 3.52. The highest BCUT2D eigenvalue weighted by Crippen LogP contribution is 2.30. The summed E-state index contributed by atoms with van der Waals surface area (Å²) in [6, 6.07) is 0.412. The lowest BCUT2D eigenvalue weighted by molar-refractivity contribution is -0.0191. The van der Waals surface area contributed by atoms with Gasteiger partial charge in [-0.25, -0.2) is 0 Å². The molecule has 0 aliphatic heterocycles. The number of rotatable bonds is 11. The normalized spacial score (nSPS) is 26.4. The van der Waals surface area contributed by atoms with Gasteiger partial charge in [0.05, 0.1) is 12.7 Å². The van der Waals surface area contributed by atoms with E-state index in [1.165, 1.54) is 38.5 Å². The fraction of sp³-hybridized carbons (Fsp3) is 1.00. The minimum Gasteiger partial charge on any atom is -0.394 e. The van der Waals surface area contributed by atoms with Crippen LogP contribution in [0.5, 0.6) is 0 Å². The van der Waals surface area contributed by atoms with Gasteiger partial charge in [-0.15, -0.1) is 0 Å². The minimum atomic E-state index is -0.113. The highest BCUT2D eigenvalue weighted by atomic mass is 16.5. The van der Waals surface area contributed by atoms with Crippen LogP contribution in [0.2, 0.25) is 0 Å². The lowest BCUT2D eigenvalue weighted by Gasteiger charge is -2.41. The van der Waals surface area contributed by atoms with Gasteiger partial charge in [0.1, 0.15) is 0 Å². The molecule has 21 heavy (non-hydrogen) atoms. The molecule has 0 radical (unpaired) electrons. The first-order valence-corrected chi connectivity index (χ1v) is 9.12. The van der Waals surface area contributed by atoms with Crippen molar-refractivity contribution in [1.82, 2.24) is 5.32 Å². The minimum absolute atomic E-state index is 0.113. The van der Waals surface area contributed by atoms with Crippen molar-refractivity contribution < 1.29 is 9.84 Å². The lowest BCUT2D eigenvalue weighted by Crippen LogP contribution is -2.55. The lowest BCUT2D eigenvalue weighted by atomic mass is 9.80. The van der Waals surface area contributed by atoms with E-state index in [1.54, 1.807) is 0 Å². The maximum absolute atomic E-state index is 9.78. The summed E-state index contributed by atoms with van der Waals surface area (Å²) in [7, 11) is 0. The number of nitrogens with one attached hydrogen (secondary N) is 1. The SMILES string of the molecule is CCCCCCCCOC1CCCC(CO)(NC(C)C)C1. The van der Waals surface area contributed by atoms with Crippen LogP contribution in [-0.4, -0.2) is 36.0 Å². The van der Waals surface area contributed by atoms with Gasteiger partial charge in [0.2, 0.25) is 0 Å². The van der Waals surface area contributed by atoms with Gasteiger partial charge in [0.25, 0.3) is 0 Å². The van der Waals surface area contributed by atoms with Gasteiger partial charge in [0, 0.05) is 18.2 Å². The van der Waals surface area contributed by atoms with E-state index in [1.807, 2.05) is 0 Å². The van der Waals surface area contributed by atoms with Crippen LogP contribution in [0.4, 0.5) is 0 Å². The predicted octanol–water partition coefficient (Wildman–Crippen LogP) is 4.04. The van der Waals surface area contributed by atoms with E-state index < -0.39 is 0 Å². The van der Waals surface area contributed by atoms with Gasteiger partial charge < -0.3 is 15.2 Å². The Morgan fingerprint density at radius 3 is 2.57 bits per heavy atom. The molecule has 3 heteroatoms.